The average molecular weight is 198 g/mol. The predicted molar refractivity (Wildman–Crippen MR) is 66.7 cm³/mol. The summed E-state index contributed by atoms with van der Waals surface area (Å²) in [5.74, 6) is 0.597. The van der Waals surface area contributed by atoms with Crippen molar-refractivity contribution in [3.05, 3.63) is 53.6 Å². The molecule has 0 aliphatic heterocycles. The maximum absolute atomic E-state index is 2.38. The van der Waals surface area contributed by atoms with E-state index < -0.39 is 0 Å². The summed E-state index contributed by atoms with van der Waals surface area (Å²) in [4.78, 5) is 0. The molecule has 0 heteroatoms. The fourth-order valence-corrected chi connectivity index (χ4v) is 2.24. The lowest BCUT2D eigenvalue weighted by atomic mass is 9.85. The van der Waals surface area contributed by atoms with Gasteiger partial charge in [0, 0.05) is 0 Å². The zero-order chi connectivity index (χ0) is 10.7. The third-order valence-corrected chi connectivity index (χ3v) is 2.98. The van der Waals surface area contributed by atoms with E-state index in [2.05, 4.69) is 56.3 Å². The van der Waals surface area contributed by atoms with Gasteiger partial charge in [-0.1, -0.05) is 49.4 Å². The maximum Gasteiger partial charge on any atom is -0.000692 e. The van der Waals surface area contributed by atoms with Gasteiger partial charge in [0.05, 0.1) is 0 Å². The number of fused-ring (bicyclic) bond motifs is 1. The fourth-order valence-electron chi connectivity index (χ4n) is 2.24. The predicted octanol–water partition coefficient (Wildman–Crippen LogP) is 4.23. The lowest BCUT2D eigenvalue weighted by Crippen LogP contribution is -2.06. The average Bonchev–Trinajstić information content (AvgIpc) is 2.26. The highest BCUT2D eigenvalue weighted by Gasteiger charge is 2.14. The number of hydrogen-bond acceptors (Lipinski definition) is 0. The van der Waals surface area contributed by atoms with E-state index in [1.54, 1.807) is 0 Å². The Morgan fingerprint density at radius 1 is 1.33 bits per heavy atom. The second kappa shape index (κ2) is 4.48. The summed E-state index contributed by atoms with van der Waals surface area (Å²) in [6.45, 7) is 4.40. The van der Waals surface area contributed by atoms with Crippen molar-refractivity contribution < 1.29 is 0 Å². The number of allylic oxidation sites excluding steroid dienone is 4. The monoisotopic (exact) mass is 198 g/mol. The fraction of sp³-hybridized carbons (Fsp3) is 0.333. The van der Waals surface area contributed by atoms with Crippen molar-refractivity contribution >= 4 is 5.57 Å². The molecule has 0 bridgehead atoms. The Morgan fingerprint density at radius 3 is 2.93 bits per heavy atom. The standard InChI is InChI=1S/C15H18/c1-3-4-7-13-10-12(2)15-9-6-5-8-14(15)11-13/h4-10,13H,3,11H2,1-2H3/b7-4-. The van der Waals surface area contributed by atoms with Gasteiger partial charge < -0.3 is 0 Å². The molecular formula is C15H18. The third-order valence-electron chi connectivity index (χ3n) is 2.98. The molecule has 1 aromatic carbocycles. The van der Waals surface area contributed by atoms with E-state index in [0.29, 0.717) is 5.92 Å². The van der Waals surface area contributed by atoms with Gasteiger partial charge in [-0.3, -0.25) is 0 Å². The van der Waals surface area contributed by atoms with Crippen molar-refractivity contribution in [1.82, 2.24) is 0 Å². The summed E-state index contributed by atoms with van der Waals surface area (Å²) in [6, 6.07) is 8.73. The van der Waals surface area contributed by atoms with E-state index in [9.17, 15) is 0 Å². The Morgan fingerprint density at radius 2 is 2.13 bits per heavy atom. The van der Waals surface area contributed by atoms with Crippen LogP contribution in [-0.4, -0.2) is 0 Å². The first kappa shape index (κ1) is 10.2. The third kappa shape index (κ3) is 2.20. The van der Waals surface area contributed by atoms with Crippen LogP contribution in [0.3, 0.4) is 0 Å². The van der Waals surface area contributed by atoms with Gasteiger partial charge in [0.25, 0.3) is 0 Å². The zero-order valence-electron chi connectivity index (χ0n) is 9.53. The van der Waals surface area contributed by atoms with Gasteiger partial charge in [0.2, 0.25) is 0 Å². The zero-order valence-corrected chi connectivity index (χ0v) is 9.53. The highest BCUT2D eigenvalue weighted by Crippen LogP contribution is 2.29. The van der Waals surface area contributed by atoms with Gasteiger partial charge in [-0.15, -0.1) is 0 Å². The molecule has 0 fully saturated rings. The molecule has 0 heterocycles. The normalized spacial score (nSPS) is 20.1. The molecule has 0 aromatic heterocycles. The summed E-state index contributed by atoms with van der Waals surface area (Å²) >= 11 is 0. The molecule has 0 amide bonds. The van der Waals surface area contributed by atoms with Crippen LogP contribution >= 0.6 is 0 Å². The van der Waals surface area contributed by atoms with E-state index in [0.717, 1.165) is 12.8 Å². The smallest absolute Gasteiger partial charge is 0.000692 e. The SMILES string of the molecule is CC/C=C\C1C=C(C)c2ccccc2C1. The van der Waals surface area contributed by atoms with Crippen LogP contribution in [0.25, 0.3) is 5.57 Å². The first-order valence-electron chi connectivity index (χ1n) is 5.74. The van der Waals surface area contributed by atoms with Crippen molar-refractivity contribution in [3.8, 4) is 0 Å². The molecule has 1 atom stereocenters. The molecule has 78 valence electrons. The van der Waals surface area contributed by atoms with E-state index in [1.165, 1.54) is 16.7 Å². The highest BCUT2D eigenvalue weighted by molar-refractivity contribution is 5.69. The van der Waals surface area contributed by atoms with E-state index in [1.807, 2.05) is 0 Å². The highest BCUT2D eigenvalue weighted by atomic mass is 14.2. The van der Waals surface area contributed by atoms with Crippen molar-refractivity contribution in [2.45, 2.75) is 26.7 Å². The molecular weight excluding hydrogens is 180 g/mol. The Labute approximate surface area is 92.3 Å². The Hall–Kier alpha value is -1.30. The van der Waals surface area contributed by atoms with E-state index in [4.69, 9.17) is 0 Å². The summed E-state index contributed by atoms with van der Waals surface area (Å²) in [5, 5.41) is 0. The van der Waals surface area contributed by atoms with Crippen molar-refractivity contribution in [2.24, 2.45) is 5.92 Å². The van der Waals surface area contributed by atoms with Crippen molar-refractivity contribution in [2.75, 3.05) is 0 Å². The summed E-state index contributed by atoms with van der Waals surface area (Å²) in [6.07, 6.45) is 9.27. The molecule has 0 N–H and O–H groups in total. The van der Waals surface area contributed by atoms with Crippen LogP contribution in [-0.2, 0) is 6.42 Å². The topological polar surface area (TPSA) is 0 Å². The maximum atomic E-state index is 2.38. The molecule has 1 aliphatic carbocycles. The molecule has 1 unspecified atom stereocenters. The van der Waals surface area contributed by atoms with Crippen LogP contribution in [0.15, 0.2) is 42.5 Å². The molecule has 1 aliphatic rings. The number of rotatable bonds is 2. The second-order valence-electron chi connectivity index (χ2n) is 4.21. The van der Waals surface area contributed by atoms with E-state index in [-0.39, 0.29) is 0 Å². The number of benzene rings is 1. The largest absolute Gasteiger partial charge is 0.0882 e. The van der Waals surface area contributed by atoms with Gasteiger partial charge in [0.1, 0.15) is 0 Å². The van der Waals surface area contributed by atoms with Crippen LogP contribution in [0, 0.1) is 5.92 Å². The Kier molecular flexibility index (Phi) is 3.05. The minimum Gasteiger partial charge on any atom is -0.0882 e. The summed E-state index contributed by atoms with van der Waals surface area (Å²) in [5.41, 5.74) is 4.34. The molecule has 0 spiro atoms. The minimum atomic E-state index is 0.597. The van der Waals surface area contributed by atoms with Crippen LogP contribution in [0.4, 0.5) is 0 Å². The van der Waals surface area contributed by atoms with Crippen molar-refractivity contribution in [3.63, 3.8) is 0 Å². The lowest BCUT2D eigenvalue weighted by Gasteiger charge is -2.20. The van der Waals surface area contributed by atoms with Crippen LogP contribution < -0.4 is 0 Å². The molecule has 1 aromatic rings. The van der Waals surface area contributed by atoms with Crippen LogP contribution in [0.5, 0.6) is 0 Å². The molecule has 15 heavy (non-hydrogen) atoms. The molecule has 0 saturated heterocycles. The van der Waals surface area contributed by atoms with Crippen LogP contribution in [0.2, 0.25) is 0 Å². The van der Waals surface area contributed by atoms with E-state index >= 15 is 0 Å². The Bertz CT molecular complexity index is 396. The van der Waals surface area contributed by atoms with Gasteiger partial charge >= 0.3 is 0 Å². The van der Waals surface area contributed by atoms with Gasteiger partial charge in [-0.2, -0.15) is 0 Å². The Balaban J connectivity index is 2.28. The molecule has 2 rings (SSSR count). The quantitative estimate of drug-likeness (QED) is 0.624. The van der Waals surface area contributed by atoms with Gasteiger partial charge in [-0.05, 0) is 42.4 Å². The molecule has 0 nitrogen and oxygen atoms in total. The first-order chi connectivity index (χ1) is 7.31. The van der Waals surface area contributed by atoms with Gasteiger partial charge in [-0.25, -0.2) is 0 Å². The van der Waals surface area contributed by atoms with Gasteiger partial charge in [0.15, 0.2) is 0 Å². The minimum absolute atomic E-state index is 0.597. The number of hydrogen-bond donors (Lipinski definition) is 0. The lowest BCUT2D eigenvalue weighted by molar-refractivity contribution is 0.786. The molecule has 0 saturated carbocycles. The van der Waals surface area contributed by atoms with Crippen molar-refractivity contribution in [1.29, 1.82) is 0 Å². The first-order valence-corrected chi connectivity index (χ1v) is 5.74. The van der Waals surface area contributed by atoms with Crippen LogP contribution in [0.1, 0.15) is 31.4 Å². The summed E-state index contributed by atoms with van der Waals surface area (Å²) in [7, 11) is 0. The second-order valence-corrected chi connectivity index (χ2v) is 4.21. The molecule has 0 radical (unpaired) electrons. The summed E-state index contributed by atoms with van der Waals surface area (Å²) < 4.78 is 0.